The van der Waals surface area contributed by atoms with Crippen molar-refractivity contribution in [2.24, 2.45) is 88.8 Å². The molecular weight excluding hydrogens is 897 g/mol. The number of esters is 5. The van der Waals surface area contributed by atoms with E-state index in [0.29, 0.717) is 36.0 Å². The average Bonchev–Trinajstić information content (AvgIpc) is 4.09. The summed E-state index contributed by atoms with van der Waals surface area (Å²) in [6.07, 6.45) is 20.2. The Hall–Kier alpha value is -2.69. The van der Waals surface area contributed by atoms with Gasteiger partial charge in [-0.3, -0.25) is 24.0 Å². The summed E-state index contributed by atoms with van der Waals surface area (Å²) in [5.74, 6) is 7.43. The maximum absolute atomic E-state index is 12.1. The number of carbonyl (C=O) groups excluding carboxylic acids is 5. The molecule has 10 saturated carbocycles. The molecular formula is C60H110O11. The molecule has 71 heavy (non-hydrogen) atoms. The predicted molar refractivity (Wildman–Crippen MR) is 286 cm³/mol. The van der Waals surface area contributed by atoms with E-state index in [1.807, 2.05) is 55.4 Å². The summed E-state index contributed by atoms with van der Waals surface area (Å²) >= 11 is 0. The summed E-state index contributed by atoms with van der Waals surface area (Å²) in [5, 5.41) is 10.6. The van der Waals surface area contributed by atoms with Gasteiger partial charge in [-0.05, 0) is 189 Å². The Morgan fingerprint density at radius 3 is 1.75 bits per heavy atom. The smallest absolute Gasteiger partial charge is 0.312 e. The highest BCUT2D eigenvalue weighted by molar-refractivity contribution is 5.76. The molecule has 1 heterocycles. The number of aliphatic hydroxyl groups is 1. The molecule has 11 heteroatoms. The molecule has 1 aliphatic heterocycles. The van der Waals surface area contributed by atoms with Gasteiger partial charge in [0.2, 0.25) is 0 Å². The summed E-state index contributed by atoms with van der Waals surface area (Å²) in [4.78, 5) is 58.2. The molecule has 11 rings (SSSR count). The van der Waals surface area contributed by atoms with Crippen LogP contribution >= 0.6 is 0 Å². The van der Waals surface area contributed by atoms with E-state index in [4.69, 9.17) is 23.7 Å². The van der Waals surface area contributed by atoms with Crippen LogP contribution in [0.5, 0.6) is 0 Å². The SMILES string of the molecule is C.C.C.C.C.C.CC(=O)OC(C)(C)C.CCC(C)C(=O)OC12CC3CC(CC(O)(C3)C1)C2.CCC(C)C(=O)OC1CC2CC1C1C3CCC(C3)C21.CCC(C)C(=O)OCC1C(=O)OC2CC1C1CCCC21. The van der Waals surface area contributed by atoms with Crippen LogP contribution < -0.4 is 0 Å². The highest BCUT2D eigenvalue weighted by Gasteiger charge is 2.63. The van der Waals surface area contributed by atoms with Gasteiger partial charge in [-0.2, -0.15) is 0 Å². The lowest BCUT2D eigenvalue weighted by Crippen LogP contribution is -2.60. The molecule has 11 nitrogen and oxygen atoms in total. The molecule has 11 fully saturated rings. The van der Waals surface area contributed by atoms with Crippen LogP contribution in [0.2, 0.25) is 0 Å². The summed E-state index contributed by atoms with van der Waals surface area (Å²) in [5.41, 5.74) is -1.20. The van der Waals surface area contributed by atoms with Crippen molar-refractivity contribution in [1.82, 2.24) is 0 Å². The topological polar surface area (TPSA) is 152 Å². The zero-order valence-corrected chi connectivity index (χ0v) is 41.8. The van der Waals surface area contributed by atoms with Gasteiger partial charge in [0.1, 0.15) is 30.0 Å². The number of fused-ring (bicyclic) bond motifs is 14. The number of hydrogen-bond acceptors (Lipinski definition) is 11. The van der Waals surface area contributed by atoms with Gasteiger partial charge in [0.05, 0.1) is 29.3 Å². The predicted octanol–water partition coefficient (Wildman–Crippen LogP) is 14.0. The molecule has 17 unspecified atom stereocenters. The lowest BCUT2D eigenvalue weighted by Gasteiger charge is -2.59. The molecule has 0 spiro atoms. The van der Waals surface area contributed by atoms with Gasteiger partial charge < -0.3 is 28.8 Å². The number of rotatable bonds is 10. The van der Waals surface area contributed by atoms with E-state index in [9.17, 15) is 29.1 Å². The molecule has 11 aliphatic rings. The van der Waals surface area contributed by atoms with Crippen LogP contribution in [-0.2, 0) is 47.7 Å². The Morgan fingerprint density at radius 2 is 1.21 bits per heavy atom. The fourth-order valence-corrected chi connectivity index (χ4v) is 15.5. The van der Waals surface area contributed by atoms with E-state index in [1.165, 1.54) is 64.7 Å². The first-order valence-corrected chi connectivity index (χ1v) is 26.4. The molecule has 17 atom stereocenters. The number of carbonyl (C=O) groups is 5. The Kier molecular flexibility index (Phi) is 24.9. The fourth-order valence-electron chi connectivity index (χ4n) is 15.5. The van der Waals surface area contributed by atoms with Crippen molar-refractivity contribution < 1.29 is 52.8 Å². The summed E-state index contributed by atoms with van der Waals surface area (Å²) < 4.78 is 27.5. The Balaban J connectivity index is 0.000000477. The van der Waals surface area contributed by atoms with E-state index >= 15 is 0 Å². The summed E-state index contributed by atoms with van der Waals surface area (Å²) in [6.45, 7) is 19.0. The monoisotopic (exact) mass is 1010 g/mol. The van der Waals surface area contributed by atoms with E-state index in [-0.39, 0.29) is 128 Å². The van der Waals surface area contributed by atoms with E-state index < -0.39 is 5.60 Å². The second-order valence-electron chi connectivity index (χ2n) is 24.2. The van der Waals surface area contributed by atoms with E-state index in [0.717, 1.165) is 86.9 Å². The van der Waals surface area contributed by atoms with Crippen LogP contribution in [0.3, 0.4) is 0 Å². The molecule has 0 aromatic rings. The second-order valence-corrected chi connectivity index (χ2v) is 24.2. The average molecular weight is 1010 g/mol. The summed E-state index contributed by atoms with van der Waals surface area (Å²) in [7, 11) is 0. The minimum absolute atomic E-state index is 0. The zero-order chi connectivity index (χ0) is 47.2. The molecule has 1 N–H and O–H groups in total. The second kappa shape index (κ2) is 26.7. The maximum atomic E-state index is 12.1. The van der Waals surface area contributed by atoms with Crippen LogP contribution in [0.25, 0.3) is 0 Å². The highest BCUT2D eigenvalue weighted by Crippen LogP contribution is 2.68. The van der Waals surface area contributed by atoms with Crippen LogP contribution in [-0.4, -0.2) is 70.6 Å². The maximum Gasteiger partial charge on any atom is 0.312 e. The van der Waals surface area contributed by atoms with E-state index in [2.05, 4.69) is 6.92 Å². The fraction of sp³-hybridized carbons (Fsp3) is 0.917. The lowest BCUT2D eigenvalue weighted by atomic mass is 9.52. The Morgan fingerprint density at radius 1 is 0.662 bits per heavy atom. The molecule has 0 aromatic carbocycles. The van der Waals surface area contributed by atoms with Crippen LogP contribution in [0, 0.1) is 88.8 Å². The van der Waals surface area contributed by atoms with Gasteiger partial charge in [-0.25, -0.2) is 0 Å². The van der Waals surface area contributed by atoms with Gasteiger partial charge in [0.15, 0.2) is 0 Å². The third-order valence-electron chi connectivity index (χ3n) is 18.4. The van der Waals surface area contributed by atoms with E-state index in [1.54, 1.807) is 0 Å². The molecule has 0 radical (unpaired) electrons. The van der Waals surface area contributed by atoms with Crippen molar-refractivity contribution in [3.63, 3.8) is 0 Å². The number of ether oxygens (including phenoxy) is 5. The Bertz CT molecular complexity index is 1700. The normalized spacial score (nSPS) is 38.2. The zero-order valence-electron chi connectivity index (χ0n) is 41.8. The van der Waals surface area contributed by atoms with Gasteiger partial charge in [0.25, 0.3) is 0 Å². The van der Waals surface area contributed by atoms with Crippen LogP contribution in [0.1, 0.15) is 229 Å². The van der Waals surface area contributed by atoms with Crippen molar-refractivity contribution in [3.05, 3.63) is 0 Å². The first-order chi connectivity index (χ1) is 30.7. The molecule has 0 aromatic heterocycles. The molecule has 0 amide bonds. The van der Waals surface area contributed by atoms with Crippen LogP contribution in [0.4, 0.5) is 0 Å². The highest BCUT2D eigenvalue weighted by atomic mass is 16.6. The lowest BCUT2D eigenvalue weighted by molar-refractivity contribution is -0.222. The largest absolute Gasteiger partial charge is 0.465 e. The third kappa shape index (κ3) is 14.8. The standard InChI is InChI=1S/C17H26O2.C16H24O4.C15H24O3.C6H12O2.6CH4/c1-3-9(2)17(18)19-14-8-12-7-13(14)16-11-5-4-10(6-11)15(12)16;1-3-9(2)15(17)19-8-13-12-7-14(20-16(13)18)11-6-4-5-10(11)12;1-3-10(2)13(16)18-15-7-11-4-12(8-15)6-14(17,5-11)9-15;1-5(7)8-6(2,3)4;;;;;;/h9-16H,3-8H2,1-2H3;9-14H,3-8H2,1-2H3;10-12,17H,3-9H2,1-2H3;1-4H3;6*1H4. The summed E-state index contributed by atoms with van der Waals surface area (Å²) in [6, 6.07) is 0. The molecule has 10 aliphatic carbocycles. The van der Waals surface area contributed by atoms with Crippen molar-refractivity contribution in [1.29, 1.82) is 0 Å². The first-order valence-electron chi connectivity index (χ1n) is 26.4. The number of hydrogen-bond donors (Lipinski definition) is 1. The van der Waals surface area contributed by atoms with Crippen molar-refractivity contribution in [2.45, 2.75) is 258 Å². The van der Waals surface area contributed by atoms with Gasteiger partial charge in [-0.1, -0.05) is 92.5 Å². The third-order valence-corrected chi connectivity index (χ3v) is 18.4. The van der Waals surface area contributed by atoms with Gasteiger partial charge in [0, 0.05) is 13.3 Å². The molecule has 416 valence electrons. The first kappa shape index (κ1) is 66.3. The van der Waals surface area contributed by atoms with Crippen molar-refractivity contribution in [2.75, 3.05) is 6.61 Å². The Labute approximate surface area is 434 Å². The minimum Gasteiger partial charge on any atom is -0.465 e. The van der Waals surface area contributed by atoms with Gasteiger partial charge >= 0.3 is 29.8 Å². The minimum atomic E-state index is -0.542. The quantitative estimate of drug-likeness (QED) is 0.126. The van der Waals surface area contributed by atoms with Crippen molar-refractivity contribution >= 4 is 29.8 Å². The van der Waals surface area contributed by atoms with Gasteiger partial charge in [-0.15, -0.1) is 0 Å². The molecule has 10 bridgehead atoms. The van der Waals surface area contributed by atoms with Crippen LogP contribution in [0.15, 0.2) is 0 Å². The molecule has 1 saturated heterocycles. The van der Waals surface area contributed by atoms with Crippen molar-refractivity contribution in [3.8, 4) is 0 Å².